The topological polar surface area (TPSA) is 45.7 Å². The number of aromatic nitrogens is 1. The van der Waals surface area contributed by atoms with Gasteiger partial charge in [-0.15, -0.1) is 0 Å². The predicted octanol–water partition coefficient (Wildman–Crippen LogP) is 4.31. The molecule has 0 radical (unpaired) electrons. The van der Waals surface area contributed by atoms with E-state index in [1.807, 2.05) is 35.2 Å². The molecule has 2 saturated heterocycles. The standard InChI is InChI=1S/C24H31N3O2/c1-24(2,3)21-17-27(16-20(29-21)18-10-5-4-6-11-18)22-19(12-9-13-25-22)23(28)26-14-7-8-15-26/h4-6,9-13,20-21H,7-8,14-17H2,1-3H3/t20-,21+/m0/s1. The molecule has 5 heteroatoms. The molecule has 0 bridgehead atoms. The van der Waals surface area contributed by atoms with Gasteiger partial charge in [0.15, 0.2) is 0 Å². The average molecular weight is 394 g/mol. The van der Waals surface area contributed by atoms with Crippen molar-refractivity contribution in [3.63, 3.8) is 0 Å². The third kappa shape index (κ3) is 4.30. The maximum atomic E-state index is 13.2. The SMILES string of the molecule is CC(C)(C)[C@H]1CN(c2ncccc2C(=O)N2CCCC2)C[C@@H](c2ccccc2)O1. The number of hydrogen-bond donors (Lipinski definition) is 0. The van der Waals surface area contributed by atoms with Gasteiger partial charge in [0.05, 0.1) is 11.7 Å². The first-order valence-electron chi connectivity index (χ1n) is 10.6. The number of nitrogens with zero attached hydrogens (tertiary/aromatic N) is 3. The summed E-state index contributed by atoms with van der Waals surface area (Å²) < 4.78 is 6.52. The van der Waals surface area contributed by atoms with Crippen molar-refractivity contribution in [1.82, 2.24) is 9.88 Å². The molecule has 0 saturated carbocycles. The fourth-order valence-electron chi connectivity index (χ4n) is 4.17. The largest absolute Gasteiger partial charge is 0.366 e. The van der Waals surface area contributed by atoms with E-state index in [0.29, 0.717) is 12.1 Å². The predicted molar refractivity (Wildman–Crippen MR) is 115 cm³/mol. The Morgan fingerprint density at radius 2 is 1.76 bits per heavy atom. The summed E-state index contributed by atoms with van der Waals surface area (Å²) in [6.07, 6.45) is 3.95. The van der Waals surface area contributed by atoms with E-state index in [0.717, 1.165) is 43.9 Å². The molecule has 5 nitrogen and oxygen atoms in total. The van der Waals surface area contributed by atoms with Crippen LogP contribution in [0, 0.1) is 5.41 Å². The van der Waals surface area contributed by atoms with Crippen molar-refractivity contribution in [3.8, 4) is 0 Å². The molecule has 2 aliphatic heterocycles. The molecule has 2 atom stereocenters. The summed E-state index contributed by atoms with van der Waals surface area (Å²) >= 11 is 0. The third-order valence-electron chi connectivity index (χ3n) is 5.95. The maximum absolute atomic E-state index is 13.2. The zero-order valence-electron chi connectivity index (χ0n) is 17.7. The Labute approximate surface area is 173 Å². The highest BCUT2D eigenvalue weighted by atomic mass is 16.5. The van der Waals surface area contributed by atoms with Gasteiger partial charge in [0.25, 0.3) is 5.91 Å². The van der Waals surface area contributed by atoms with Crippen LogP contribution in [0.15, 0.2) is 48.7 Å². The molecule has 4 rings (SSSR count). The Morgan fingerprint density at radius 3 is 2.45 bits per heavy atom. The number of benzene rings is 1. The van der Waals surface area contributed by atoms with Gasteiger partial charge in [0.1, 0.15) is 11.9 Å². The fraction of sp³-hybridized carbons (Fsp3) is 0.500. The Morgan fingerprint density at radius 1 is 1.03 bits per heavy atom. The van der Waals surface area contributed by atoms with Gasteiger partial charge in [-0.25, -0.2) is 4.98 Å². The van der Waals surface area contributed by atoms with Crippen LogP contribution in [0.1, 0.15) is 55.6 Å². The number of pyridine rings is 1. The highest BCUT2D eigenvalue weighted by Crippen LogP contribution is 2.36. The van der Waals surface area contributed by atoms with Crippen LogP contribution in [-0.4, -0.2) is 48.1 Å². The van der Waals surface area contributed by atoms with Gasteiger partial charge in [-0.05, 0) is 36.0 Å². The zero-order valence-corrected chi connectivity index (χ0v) is 17.7. The summed E-state index contributed by atoms with van der Waals surface area (Å²) in [5, 5.41) is 0. The normalized spacial score (nSPS) is 22.7. The molecule has 2 fully saturated rings. The first-order chi connectivity index (χ1) is 13.9. The lowest BCUT2D eigenvalue weighted by molar-refractivity contribution is -0.0793. The summed E-state index contributed by atoms with van der Waals surface area (Å²) in [6, 6.07) is 14.1. The number of ether oxygens (including phenoxy) is 1. The van der Waals surface area contributed by atoms with E-state index in [2.05, 4.69) is 42.8 Å². The molecule has 2 aromatic rings. The lowest BCUT2D eigenvalue weighted by Crippen LogP contribution is -2.50. The Hall–Kier alpha value is -2.40. The highest BCUT2D eigenvalue weighted by Gasteiger charge is 2.37. The van der Waals surface area contributed by atoms with E-state index in [9.17, 15) is 4.79 Å². The molecule has 3 heterocycles. The molecule has 1 amide bonds. The summed E-state index contributed by atoms with van der Waals surface area (Å²) in [6.45, 7) is 9.72. The van der Waals surface area contributed by atoms with Gasteiger partial charge in [-0.2, -0.15) is 0 Å². The summed E-state index contributed by atoms with van der Waals surface area (Å²) in [5.41, 5.74) is 1.85. The Kier molecular flexibility index (Phi) is 5.59. The van der Waals surface area contributed by atoms with E-state index >= 15 is 0 Å². The lowest BCUT2D eigenvalue weighted by atomic mass is 9.87. The van der Waals surface area contributed by atoms with Gasteiger partial charge in [-0.1, -0.05) is 51.1 Å². The van der Waals surface area contributed by atoms with Crippen molar-refractivity contribution in [2.24, 2.45) is 5.41 Å². The van der Waals surface area contributed by atoms with Crippen molar-refractivity contribution >= 4 is 11.7 Å². The summed E-state index contributed by atoms with van der Waals surface area (Å²) in [5.74, 6) is 0.878. The Balaban J connectivity index is 1.67. The number of amides is 1. The number of morpholine rings is 1. The van der Waals surface area contributed by atoms with Crippen LogP contribution in [-0.2, 0) is 4.74 Å². The second-order valence-electron chi connectivity index (χ2n) is 9.17. The van der Waals surface area contributed by atoms with Crippen LogP contribution in [0.4, 0.5) is 5.82 Å². The Bertz CT molecular complexity index is 841. The van der Waals surface area contributed by atoms with Crippen LogP contribution in [0.25, 0.3) is 0 Å². The van der Waals surface area contributed by atoms with Gasteiger partial charge in [0.2, 0.25) is 0 Å². The second kappa shape index (κ2) is 8.15. The molecule has 0 unspecified atom stereocenters. The first kappa shape index (κ1) is 19.9. The van der Waals surface area contributed by atoms with Gasteiger partial charge < -0.3 is 14.5 Å². The van der Waals surface area contributed by atoms with Gasteiger partial charge >= 0.3 is 0 Å². The number of hydrogen-bond acceptors (Lipinski definition) is 4. The summed E-state index contributed by atoms with van der Waals surface area (Å²) in [4.78, 5) is 22.0. The lowest BCUT2D eigenvalue weighted by Gasteiger charge is -2.44. The number of carbonyl (C=O) groups excluding carboxylic acids is 1. The molecule has 0 N–H and O–H groups in total. The molecule has 0 aliphatic carbocycles. The molecule has 0 spiro atoms. The molecular formula is C24H31N3O2. The zero-order chi connectivity index (χ0) is 20.4. The molecular weight excluding hydrogens is 362 g/mol. The van der Waals surface area contributed by atoms with E-state index in [-0.39, 0.29) is 23.5 Å². The van der Waals surface area contributed by atoms with Gasteiger partial charge in [0, 0.05) is 32.4 Å². The van der Waals surface area contributed by atoms with E-state index in [4.69, 9.17) is 4.74 Å². The number of carbonyl (C=O) groups is 1. The van der Waals surface area contributed by atoms with E-state index in [1.165, 1.54) is 0 Å². The van der Waals surface area contributed by atoms with Crippen LogP contribution in [0.5, 0.6) is 0 Å². The molecule has 1 aromatic heterocycles. The molecule has 2 aliphatic rings. The third-order valence-corrected chi connectivity index (χ3v) is 5.95. The van der Waals surface area contributed by atoms with Crippen LogP contribution in [0.2, 0.25) is 0 Å². The molecule has 154 valence electrons. The smallest absolute Gasteiger partial charge is 0.257 e. The summed E-state index contributed by atoms with van der Waals surface area (Å²) in [7, 11) is 0. The minimum absolute atomic E-state index is 0.0143. The maximum Gasteiger partial charge on any atom is 0.257 e. The van der Waals surface area contributed by atoms with Crippen molar-refractivity contribution in [3.05, 3.63) is 59.8 Å². The van der Waals surface area contributed by atoms with Crippen molar-refractivity contribution < 1.29 is 9.53 Å². The number of likely N-dealkylation sites (tertiary alicyclic amines) is 1. The van der Waals surface area contributed by atoms with Crippen LogP contribution < -0.4 is 4.90 Å². The quantitative estimate of drug-likeness (QED) is 0.780. The average Bonchev–Trinajstić information content (AvgIpc) is 3.28. The van der Waals surface area contributed by atoms with Crippen LogP contribution >= 0.6 is 0 Å². The van der Waals surface area contributed by atoms with Crippen molar-refractivity contribution in [2.75, 3.05) is 31.1 Å². The minimum atomic E-state index is -0.0501. The van der Waals surface area contributed by atoms with Crippen molar-refractivity contribution in [1.29, 1.82) is 0 Å². The monoisotopic (exact) mass is 393 g/mol. The van der Waals surface area contributed by atoms with Crippen LogP contribution in [0.3, 0.4) is 0 Å². The van der Waals surface area contributed by atoms with E-state index in [1.54, 1.807) is 6.20 Å². The number of rotatable bonds is 3. The van der Waals surface area contributed by atoms with Gasteiger partial charge in [-0.3, -0.25) is 4.79 Å². The second-order valence-corrected chi connectivity index (χ2v) is 9.17. The molecule has 29 heavy (non-hydrogen) atoms. The van der Waals surface area contributed by atoms with Crippen molar-refractivity contribution in [2.45, 2.75) is 45.8 Å². The molecule has 1 aromatic carbocycles. The van der Waals surface area contributed by atoms with E-state index < -0.39 is 0 Å². The number of anilines is 1. The highest BCUT2D eigenvalue weighted by molar-refractivity contribution is 5.99. The minimum Gasteiger partial charge on any atom is -0.366 e. The fourth-order valence-corrected chi connectivity index (χ4v) is 4.17. The first-order valence-corrected chi connectivity index (χ1v) is 10.6.